The van der Waals surface area contributed by atoms with Gasteiger partial charge >= 0.3 is 0 Å². The molecular formula is C14H14N2O. The maximum Gasteiger partial charge on any atom is 0.168 e. The van der Waals surface area contributed by atoms with Crippen molar-refractivity contribution in [3.8, 4) is 16.9 Å². The minimum absolute atomic E-state index is 0.700. The van der Waals surface area contributed by atoms with Gasteiger partial charge in [-0.3, -0.25) is 0 Å². The smallest absolute Gasteiger partial charge is 0.168 e. The molecule has 0 atom stereocenters. The number of hydrogen-bond donors (Lipinski definition) is 1. The number of ether oxygens (including phenoxy) is 1. The second kappa shape index (κ2) is 4.09. The van der Waals surface area contributed by atoms with Crippen molar-refractivity contribution in [2.45, 2.75) is 6.92 Å². The third-order valence-electron chi connectivity index (χ3n) is 2.96. The van der Waals surface area contributed by atoms with Gasteiger partial charge in [0.05, 0.1) is 6.54 Å². The van der Waals surface area contributed by atoms with Crippen molar-refractivity contribution in [3.05, 3.63) is 42.1 Å². The monoisotopic (exact) mass is 226 g/mol. The largest absolute Gasteiger partial charge is 0.488 e. The van der Waals surface area contributed by atoms with Gasteiger partial charge in [0.1, 0.15) is 6.61 Å². The summed E-state index contributed by atoms with van der Waals surface area (Å²) in [5.74, 6) is 1.69. The number of rotatable bonds is 1. The standard InChI is InChI=1S/C14H14N2O/c1-10-4-2-3-5-12(10)11-8-13-14(16-9-11)15-6-7-17-13/h2-5,8-9H,6-7H2,1H3,(H,15,16). The zero-order valence-electron chi connectivity index (χ0n) is 9.73. The van der Waals surface area contributed by atoms with E-state index in [4.69, 9.17) is 4.74 Å². The summed E-state index contributed by atoms with van der Waals surface area (Å²) in [4.78, 5) is 4.40. The van der Waals surface area contributed by atoms with Crippen LogP contribution in [0, 0.1) is 6.92 Å². The van der Waals surface area contributed by atoms with E-state index in [0.29, 0.717) is 6.61 Å². The Labute approximate surface area is 100 Å². The number of aryl methyl sites for hydroxylation is 1. The van der Waals surface area contributed by atoms with Crippen molar-refractivity contribution in [3.63, 3.8) is 0 Å². The Bertz CT molecular complexity index is 552. The van der Waals surface area contributed by atoms with E-state index in [9.17, 15) is 0 Å². The molecule has 1 aliphatic rings. The fourth-order valence-corrected chi connectivity index (χ4v) is 2.06. The third kappa shape index (κ3) is 1.84. The minimum Gasteiger partial charge on any atom is -0.488 e. The highest BCUT2D eigenvalue weighted by Gasteiger charge is 2.12. The molecule has 2 aromatic rings. The Morgan fingerprint density at radius 3 is 3.06 bits per heavy atom. The summed E-state index contributed by atoms with van der Waals surface area (Å²) in [5, 5.41) is 3.22. The highest BCUT2D eigenvalue weighted by atomic mass is 16.5. The Morgan fingerprint density at radius 2 is 2.18 bits per heavy atom. The number of hydrogen-bond acceptors (Lipinski definition) is 3. The summed E-state index contributed by atoms with van der Waals surface area (Å²) in [6.07, 6.45) is 1.89. The van der Waals surface area contributed by atoms with Gasteiger partial charge < -0.3 is 10.1 Å². The highest BCUT2D eigenvalue weighted by Crippen LogP contribution is 2.31. The second-order valence-corrected chi connectivity index (χ2v) is 4.16. The van der Waals surface area contributed by atoms with Gasteiger partial charge in [0, 0.05) is 11.8 Å². The van der Waals surface area contributed by atoms with Crippen molar-refractivity contribution in [2.24, 2.45) is 0 Å². The van der Waals surface area contributed by atoms with E-state index in [1.807, 2.05) is 18.3 Å². The van der Waals surface area contributed by atoms with Gasteiger partial charge in [0.25, 0.3) is 0 Å². The average molecular weight is 226 g/mol. The predicted molar refractivity (Wildman–Crippen MR) is 68.4 cm³/mol. The average Bonchev–Trinajstić information content (AvgIpc) is 2.39. The van der Waals surface area contributed by atoms with Gasteiger partial charge in [-0.25, -0.2) is 4.98 Å². The summed E-state index contributed by atoms with van der Waals surface area (Å²) < 4.78 is 5.60. The molecule has 86 valence electrons. The van der Waals surface area contributed by atoms with Gasteiger partial charge in [-0.15, -0.1) is 0 Å². The topological polar surface area (TPSA) is 34.1 Å². The van der Waals surface area contributed by atoms with E-state index in [-0.39, 0.29) is 0 Å². The molecule has 0 saturated heterocycles. The van der Waals surface area contributed by atoms with Crippen LogP contribution in [0.1, 0.15) is 5.56 Å². The Kier molecular flexibility index (Phi) is 2.44. The van der Waals surface area contributed by atoms with Crippen molar-refractivity contribution in [2.75, 3.05) is 18.5 Å². The summed E-state index contributed by atoms with van der Waals surface area (Å²) in [5.41, 5.74) is 3.56. The minimum atomic E-state index is 0.700. The SMILES string of the molecule is Cc1ccccc1-c1cnc2c(c1)OCCN2. The summed E-state index contributed by atoms with van der Waals surface area (Å²) in [7, 11) is 0. The molecule has 0 bridgehead atoms. The quantitative estimate of drug-likeness (QED) is 0.811. The summed E-state index contributed by atoms with van der Waals surface area (Å²) in [6.45, 7) is 3.63. The molecule has 0 radical (unpaired) electrons. The van der Waals surface area contributed by atoms with Crippen molar-refractivity contribution < 1.29 is 4.74 Å². The molecule has 1 aromatic carbocycles. The second-order valence-electron chi connectivity index (χ2n) is 4.16. The summed E-state index contributed by atoms with van der Waals surface area (Å²) in [6, 6.07) is 10.4. The van der Waals surface area contributed by atoms with Gasteiger partial charge in [-0.05, 0) is 24.1 Å². The number of nitrogens with one attached hydrogen (secondary N) is 1. The first-order chi connectivity index (χ1) is 8.34. The number of anilines is 1. The van der Waals surface area contributed by atoms with Crippen molar-refractivity contribution in [1.29, 1.82) is 0 Å². The normalized spacial score (nSPS) is 13.5. The van der Waals surface area contributed by atoms with E-state index in [0.717, 1.165) is 23.7 Å². The first-order valence-corrected chi connectivity index (χ1v) is 5.77. The van der Waals surface area contributed by atoms with Crippen LogP contribution < -0.4 is 10.1 Å². The van der Waals surface area contributed by atoms with Gasteiger partial charge in [0.15, 0.2) is 11.6 Å². The molecule has 0 amide bonds. The lowest BCUT2D eigenvalue weighted by Gasteiger charge is -2.18. The van der Waals surface area contributed by atoms with Crippen molar-refractivity contribution >= 4 is 5.82 Å². The molecule has 1 aromatic heterocycles. The van der Waals surface area contributed by atoms with E-state index in [1.165, 1.54) is 11.1 Å². The predicted octanol–water partition coefficient (Wildman–Crippen LogP) is 2.86. The van der Waals surface area contributed by atoms with Gasteiger partial charge in [0.2, 0.25) is 0 Å². The van der Waals surface area contributed by atoms with Crippen LogP contribution in [0.2, 0.25) is 0 Å². The summed E-state index contributed by atoms with van der Waals surface area (Å²) >= 11 is 0. The third-order valence-corrected chi connectivity index (χ3v) is 2.96. The molecule has 3 nitrogen and oxygen atoms in total. The molecule has 0 fully saturated rings. The van der Waals surface area contributed by atoms with E-state index < -0.39 is 0 Å². The van der Waals surface area contributed by atoms with E-state index in [1.54, 1.807) is 0 Å². The van der Waals surface area contributed by atoms with Crippen molar-refractivity contribution in [1.82, 2.24) is 4.98 Å². The fourth-order valence-electron chi connectivity index (χ4n) is 2.06. The van der Waals surface area contributed by atoms with Crippen LogP contribution in [0.15, 0.2) is 36.5 Å². The number of nitrogens with zero attached hydrogens (tertiary/aromatic N) is 1. The van der Waals surface area contributed by atoms with Crippen LogP contribution in [0.3, 0.4) is 0 Å². The number of pyridine rings is 1. The molecule has 2 heterocycles. The van der Waals surface area contributed by atoms with Gasteiger partial charge in [-0.1, -0.05) is 24.3 Å². The lowest BCUT2D eigenvalue weighted by atomic mass is 10.0. The van der Waals surface area contributed by atoms with Crippen LogP contribution in [0.5, 0.6) is 5.75 Å². The molecule has 1 aliphatic heterocycles. The Hall–Kier alpha value is -2.03. The lowest BCUT2D eigenvalue weighted by Crippen LogP contribution is -2.18. The molecule has 1 N–H and O–H groups in total. The zero-order chi connectivity index (χ0) is 11.7. The number of aromatic nitrogens is 1. The maximum absolute atomic E-state index is 5.60. The first kappa shape index (κ1) is 10.1. The van der Waals surface area contributed by atoms with E-state index in [2.05, 4.69) is 35.4 Å². The molecule has 0 saturated carbocycles. The van der Waals surface area contributed by atoms with Crippen LogP contribution in [-0.2, 0) is 0 Å². The zero-order valence-corrected chi connectivity index (χ0v) is 9.73. The first-order valence-electron chi connectivity index (χ1n) is 5.77. The number of benzene rings is 1. The lowest BCUT2D eigenvalue weighted by molar-refractivity contribution is 0.321. The Balaban J connectivity index is 2.07. The van der Waals surface area contributed by atoms with Crippen LogP contribution >= 0.6 is 0 Å². The fraction of sp³-hybridized carbons (Fsp3) is 0.214. The molecule has 0 unspecified atom stereocenters. The molecule has 3 heteroatoms. The van der Waals surface area contributed by atoms with Crippen LogP contribution in [0.25, 0.3) is 11.1 Å². The molecule has 17 heavy (non-hydrogen) atoms. The van der Waals surface area contributed by atoms with Crippen LogP contribution in [-0.4, -0.2) is 18.1 Å². The maximum atomic E-state index is 5.60. The molecular weight excluding hydrogens is 212 g/mol. The van der Waals surface area contributed by atoms with Crippen LogP contribution in [0.4, 0.5) is 5.82 Å². The molecule has 3 rings (SSSR count). The molecule has 0 spiro atoms. The molecule has 0 aliphatic carbocycles. The number of fused-ring (bicyclic) bond motifs is 1. The Morgan fingerprint density at radius 1 is 1.29 bits per heavy atom. The van der Waals surface area contributed by atoms with Gasteiger partial charge in [-0.2, -0.15) is 0 Å². The van der Waals surface area contributed by atoms with E-state index >= 15 is 0 Å². The highest BCUT2D eigenvalue weighted by molar-refractivity contribution is 5.70.